The number of carbonyl (C=O) groups excluding carboxylic acids is 3. The average Bonchev–Trinajstić information content (AvgIpc) is 3.35. The lowest BCUT2D eigenvalue weighted by Crippen LogP contribution is -2.56. The van der Waals surface area contributed by atoms with E-state index in [-0.39, 0.29) is 37.1 Å². The first kappa shape index (κ1) is 26.6. The van der Waals surface area contributed by atoms with Crippen LogP contribution in [0.5, 0.6) is 0 Å². The number of aliphatic carboxylic acids is 1. The summed E-state index contributed by atoms with van der Waals surface area (Å²) in [6.45, 7) is 2.00. The Kier molecular flexibility index (Phi) is 8.14. The molecule has 37 heavy (non-hydrogen) atoms. The molecule has 3 N–H and O–H groups in total. The fourth-order valence-corrected chi connectivity index (χ4v) is 5.20. The minimum Gasteiger partial charge on any atom is -0.480 e. The van der Waals surface area contributed by atoms with Crippen molar-refractivity contribution >= 4 is 35.3 Å². The maximum absolute atomic E-state index is 13.7. The highest BCUT2D eigenvalue weighted by Crippen LogP contribution is 2.23. The predicted molar refractivity (Wildman–Crippen MR) is 138 cm³/mol. The Balaban J connectivity index is 1.51. The number of rotatable bonds is 7. The second-order valence-corrected chi connectivity index (χ2v) is 10.1. The fraction of sp³-hybridized carbons (Fsp3) is 0.407. The molecule has 196 valence electrons. The minimum atomic E-state index is -1.10. The van der Waals surface area contributed by atoms with Gasteiger partial charge in [0.15, 0.2) is 0 Å². The van der Waals surface area contributed by atoms with Crippen molar-refractivity contribution in [1.29, 1.82) is 0 Å². The van der Waals surface area contributed by atoms with Crippen LogP contribution in [0.25, 0.3) is 0 Å². The summed E-state index contributed by atoms with van der Waals surface area (Å²) >= 11 is 6.02. The van der Waals surface area contributed by atoms with Gasteiger partial charge in [0.05, 0.1) is 12.1 Å². The molecule has 2 aromatic carbocycles. The summed E-state index contributed by atoms with van der Waals surface area (Å²) in [6.07, 6.45) is 0.872. The monoisotopic (exact) mass is 526 g/mol. The molecular weight excluding hydrogens is 496 g/mol. The van der Waals surface area contributed by atoms with Crippen molar-refractivity contribution in [2.45, 2.75) is 56.9 Å². The fourth-order valence-electron chi connectivity index (χ4n) is 5.07. The van der Waals surface area contributed by atoms with Gasteiger partial charge in [0.1, 0.15) is 12.1 Å². The predicted octanol–water partition coefficient (Wildman–Crippen LogP) is 1.61. The van der Waals surface area contributed by atoms with E-state index in [1.807, 2.05) is 24.3 Å². The van der Waals surface area contributed by atoms with Crippen LogP contribution in [0, 0.1) is 0 Å². The smallest absolute Gasteiger partial charge is 0.326 e. The quantitative estimate of drug-likeness (QED) is 0.504. The molecule has 1 saturated heterocycles. The van der Waals surface area contributed by atoms with Crippen LogP contribution in [-0.4, -0.2) is 76.4 Å². The highest BCUT2D eigenvalue weighted by molar-refractivity contribution is 6.30. The summed E-state index contributed by atoms with van der Waals surface area (Å²) in [4.78, 5) is 53.4. The number of carboxylic acid groups (broad SMARTS) is 1. The Morgan fingerprint density at radius 2 is 1.81 bits per heavy atom. The molecule has 2 heterocycles. The number of amides is 3. The lowest BCUT2D eigenvalue weighted by atomic mass is 9.95. The van der Waals surface area contributed by atoms with E-state index in [0.29, 0.717) is 18.0 Å². The van der Waals surface area contributed by atoms with Crippen LogP contribution in [-0.2, 0) is 38.6 Å². The topological polar surface area (TPSA) is 119 Å². The number of fused-ring (bicyclic) bond motifs is 1. The molecule has 0 aliphatic carbocycles. The number of likely N-dealkylation sites (tertiary alicyclic amines) is 1. The first-order valence-electron chi connectivity index (χ1n) is 12.3. The summed E-state index contributed by atoms with van der Waals surface area (Å²) in [7, 11) is 1.59. The molecule has 4 atom stereocenters. The summed E-state index contributed by atoms with van der Waals surface area (Å²) < 4.78 is 0. The lowest BCUT2D eigenvalue weighted by molar-refractivity contribution is -0.147. The molecule has 0 radical (unpaired) electrons. The molecule has 2 aromatic rings. The number of nitrogens with zero attached hydrogens (tertiary/aromatic N) is 2. The average molecular weight is 527 g/mol. The van der Waals surface area contributed by atoms with E-state index in [9.17, 15) is 24.3 Å². The maximum Gasteiger partial charge on any atom is 0.326 e. The van der Waals surface area contributed by atoms with Crippen molar-refractivity contribution in [3.63, 3.8) is 0 Å². The van der Waals surface area contributed by atoms with Crippen molar-refractivity contribution in [3.8, 4) is 0 Å². The molecule has 0 bridgehead atoms. The van der Waals surface area contributed by atoms with Crippen LogP contribution < -0.4 is 10.6 Å². The molecule has 2 aliphatic heterocycles. The van der Waals surface area contributed by atoms with E-state index in [1.165, 1.54) is 16.7 Å². The molecule has 9 nitrogen and oxygen atoms in total. The number of likely N-dealkylation sites (N-methyl/N-ethyl adjacent to an activating group) is 1. The van der Waals surface area contributed by atoms with E-state index < -0.39 is 30.1 Å². The van der Waals surface area contributed by atoms with Crippen molar-refractivity contribution < 1.29 is 24.3 Å². The molecule has 0 unspecified atom stereocenters. The Morgan fingerprint density at radius 1 is 1.14 bits per heavy atom. The van der Waals surface area contributed by atoms with Gasteiger partial charge in [-0.2, -0.15) is 0 Å². The summed E-state index contributed by atoms with van der Waals surface area (Å²) in [5.41, 5.74) is 3.05. The summed E-state index contributed by atoms with van der Waals surface area (Å²) in [5.74, 6) is -2.09. The Labute approximate surface area is 220 Å². The van der Waals surface area contributed by atoms with Gasteiger partial charge in [0, 0.05) is 44.9 Å². The van der Waals surface area contributed by atoms with E-state index >= 15 is 0 Å². The third-order valence-electron chi connectivity index (χ3n) is 7.23. The van der Waals surface area contributed by atoms with Crippen molar-refractivity contribution in [2.24, 2.45) is 0 Å². The summed E-state index contributed by atoms with van der Waals surface area (Å²) in [5, 5.41) is 16.3. The number of nitrogens with one attached hydrogen (secondary N) is 2. The zero-order valence-electron chi connectivity index (χ0n) is 20.8. The number of benzene rings is 2. The lowest BCUT2D eigenvalue weighted by Gasteiger charge is -2.31. The maximum atomic E-state index is 13.7. The van der Waals surface area contributed by atoms with Gasteiger partial charge in [-0.25, -0.2) is 4.79 Å². The van der Waals surface area contributed by atoms with Gasteiger partial charge in [-0.1, -0.05) is 48.0 Å². The van der Waals surface area contributed by atoms with Gasteiger partial charge in [0.25, 0.3) is 0 Å². The Morgan fingerprint density at radius 3 is 2.43 bits per heavy atom. The molecule has 2 aliphatic rings. The zero-order valence-corrected chi connectivity index (χ0v) is 21.6. The van der Waals surface area contributed by atoms with E-state index in [4.69, 9.17) is 11.6 Å². The van der Waals surface area contributed by atoms with Gasteiger partial charge in [-0.15, -0.1) is 0 Å². The van der Waals surface area contributed by atoms with Gasteiger partial charge < -0.3 is 25.5 Å². The number of halogens is 1. The van der Waals surface area contributed by atoms with E-state index in [1.54, 1.807) is 31.3 Å². The SMILES string of the molecule is CC(=O)N1C[C@@H](N(C)C(=O)[C@@H](Cc2ccc(Cl)cc2)NC(=O)[C@H]2Cc3ccccc3CN2)C[C@H]1C(=O)O. The first-order chi connectivity index (χ1) is 17.6. The van der Waals surface area contributed by atoms with Crippen LogP contribution in [0.2, 0.25) is 5.02 Å². The van der Waals surface area contributed by atoms with Gasteiger partial charge in [-0.05, 0) is 35.2 Å². The normalized spacial score (nSPS) is 21.6. The van der Waals surface area contributed by atoms with Crippen molar-refractivity contribution in [1.82, 2.24) is 20.4 Å². The van der Waals surface area contributed by atoms with Gasteiger partial charge in [-0.3, -0.25) is 14.4 Å². The van der Waals surface area contributed by atoms with Crippen LogP contribution in [0.4, 0.5) is 0 Å². The molecule has 10 heteroatoms. The third-order valence-corrected chi connectivity index (χ3v) is 7.48. The molecule has 4 rings (SSSR count). The van der Waals surface area contributed by atoms with Crippen LogP contribution in [0.1, 0.15) is 30.0 Å². The highest BCUT2D eigenvalue weighted by Gasteiger charge is 2.42. The number of carbonyl (C=O) groups is 4. The van der Waals surface area contributed by atoms with Crippen LogP contribution >= 0.6 is 11.6 Å². The standard InChI is InChI=1S/C27H31ClN4O5/c1-16(33)32-15-21(13-24(32)27(36)37)31(2)26(35)23(11-17-7-9-20(28)10-8-17)30-25(34)22-12-18-5-3-4-6-19(18)14-29-22/h3-10,21-24,29H,11-15H2,1-2H3,(H,30,34)(H,36,37)/t21-,22+,23+,24-/m0/s1. The number of carboxylic acids is 1. The molecule has 1 fully saturated rings. The second kappa shape index (κ2) is 11.3. The molecule has 0 spiro atoms. The molecule has 3 amide bonds. The first-order valence-corrected chi connectivity index (χ1v) is 12.6. The minimum absolute atomic E-state index is 0.122. The number of hydrogen-bond acceptors (Lipinski definition) is 5. The largest absolute Gasteiger partial charge is 0.480 e. The molecule has 0 saturated carbocycles. The van der Waals surface area contributed by atoms with Crippen molar-refractivity contribution in [3.05, 3.63) is 70.2 Å². The van der Waals surface area contributed by atoms with Crippen LogP contribution in [0.3, 0.4) is 0 Å². The molecular formula is C27H31ClN4O5. The third kappa shape index (κ3) is 6.11. The number of hydrogen-bond donors (Lipinski definition) is 3. The zero-order chi connectivity index (χ0) is 26.7. The van der Waals surface area contributed by atoms with Crippen molar-refractivity contribution in [2.75, 3.05) is 13.6 Å². The van der Waals surface area contributed by atoms with Crippen LogP contribution in [0.15, 0.2) is 48.5 Å². The van der Waals surface area contributed by atoms with E-state index in [0.717, 1.165) is 16.7 Å². The second-order valence-electron chi connectivity index (χ2n) is 9.66. The highest BCUT2D eigenvalue weighted by atomic mass is 35.5. The van der Waals surface area contributed by atoms with E-state index in [2.05, 4.69) is 10.6 Å². The molecule has 0 aromatic heterocycles. The Bertz CT molecular complexity index is 1170. The Hall–Kier alpha value is -3.43. The van der Waals surface area contributed by atoms with Gasteiger partial charge in [0.2, 0.25) is 17.7 Å². The van der Waals surface area contributed by atoms with Gasteiger partial charge >= 0.3 is 5.97 Å². The summed E-state index contributed by atoms with van der Waals surface area (Å²) in [6, 6.07) is 12.1.